The van der Waals surface area contributed by atoms with Crippen molar-refractivity contribution in [3.05, 3.63) is 55.8 Å². The second-order valence-electron chi connectivity index (χ2n) is 4.88. The zero-order valence-corrected chi connectivity index (χ0v) is 16.7. The predicted molar refractivity (Wildman–Crippen MR) is 106 cm³/mol. The van der Waals surface area contributed by atoms with Gasteiger partial charge in [0.15, 0.2) is 12.3 Å². The summed E-state index contributed by atoms with van der Waals surface area (Å²) in [5.74, 6) is -1.27. The van der Waals surface area contributed by atoms with Crippen LogP contribution in [0.15, 0.2) is 35.0 Å². The number of carbonyl (C=O) groups is 2. The summed E-state index contributed by atoms with van der Waals surface area (Å²) in [6.07, 6.45) is 0. The van der Waals surface area contributed by atoms with Crippen LogP contribution >= 0.6 is 57.5 Å². The van der Waals surface area contributed by atoms with E-state index in [2.05, 4.69) is 10.3 Å². The van der Waals surface area contributed by atoms with Crippen LogP contribution in [-0.2, 0) is 9.53 Å². The van der Waals surface area contributed by atoms with Crippen LogP contribution in [0, 0.1) is 0 Å². The molecule has 0 atom stereocenters. The fourth-order valence-electron chi connectivity index (χ4n) is 1.92. The van der Waals surface area contributed by atoms with Gasteiger partial charge in [0.05, 0.1) is 20.6 Å². The van der Waals surface area contributed by atoms with Crippen LogP contribution in [0.3, 0.4) is 0 Å². The van der Waals surface area contributed by atoms with Crippen molar-refractivity contribution in [3.63, 3.8) is 0 Å². The van der Waals surface area contributed by atoms with Gasteiger partial charge in [-0.3, -0.25) is 4.79 Å². The number of esters is 1. The number of aromatic nitrogens is 1. The number of anilines is 1. The molecule has 10 heteroatoms. The molecule has 0 saturated heterocycles. The lowest BCUT2D eigenvalue weighted by Gasteiger charge is -2.09. The van der Waals surface area contributed by atoms with Crippen molar-refractivity contribution >= 4 is 75.0 Å². The van der Waals surface area contributed by atoms with Gasteiger partial charge in [-0.25, -0.2) is 9.78 Å². The van der Waals surface area contributed by atoms with Crippen LogP contribution < -0.4 is 5.32 Å². The first kappa shape index (κ1) is 19.1. The zero-order chi connectivity index (χ0) is 18.7. The number of rotatable bonds is 5. The van der Waals surface area contributed by atoms with E-state index >= 15 is 0 Å². The molecule has 3 rings (SSSR count). The average molecular weight is 448 g/mol. The molecular weight excluding hydrogens is 439 g/mol. The number of thiophene rings is 1. The third kappa shape index (κ3) is 4.55. The highest BCUT2D eigenvalue weighted by atomic mass is 35.5. The highest BCUT2D eigenvalue weighted by Crippen LogP contribution is 2.33. The number of benzene rings is 1. The Balaban J connectivity index is 1.59. The molecule has 0 aliphatic heterocycles. The Morgan fingerprint density at radius 1 is 1.15 bits per heavy atom. The van der Waals surface area contributed by atoms with Crippen molar-refractivity contribution in [2.45, 2.75) is 0 Å². The third-order valence-corrected chi connectivity index (χ3v) is 5.75. The molecule has 2 heterocycles. The molecule has 0 fully saturated rings. The average Bonchev–Trinajstić information content (AvgIpc) is 3.26. The van der Waals surface area contributed by atoms with Gasteiger partial charge in [0.1, 0.15) is 5.01 Å². The molecule has 0 radical (unpaired) electrons. The molecule has 5 nitrogen and oxygen atoms in total. The Morgan fingerprint density at radius 2 is 1.88 bits per heavy atom. The van der Waals surface area contributed by atoms with E-state index in [0.29, 0.717) is 5.02 Å². The Morgan fingerprint density at radius 3 is 2.54 bits per heavy atom. The minimum Gasteiger partial charge on any atom is -0.451 e. The summed E-state index contributed by atoms with van der Waals surface area (Å²) in [6.45, 7) is -0.500. The Kier molecular flexibility index (Phi) is 6.16. The van der Waals surface area contributed by atoms with Crippen molar-refractivity contribution in [1.82, 2.24) is 4.98 Å². The fraction of sp³-hybridized carbons (Fsp3) is 0.0625. The van der Waals surface area contributed by atoms with E-state index < -0.39 is 18.5 Å². The van der Waals surface area contributed by atoms with E-state index in [4.69, 9.17) is 39.5 Å². The first-order chi connectivity index (χ1) is 12.4. The molecule has 134 valence electrons. The lowest BCUT2D eigenvalue weighted by Crippen LogP contribution is -2.21. The maximum Gasteiger partial charge on any atom is 0.358 e. The van der Waals surface area contributed by atoms with E-state index in [1.54, 1.807) is 5.38 Å². The summed E-state index contributed by atoms with van der Waals surface area (Å²) in [4.78, 5) is 29.2. The van der Waals surface area contributed by atoms with Crippen molar-refractivity contribution in [2.24, 2.45) is 0 Å². The van der Waals surface area contributed by atoms with Crippen molar-refractivity contribution in [1.29, 1.82) is 0 Å². The molecule has 1 N–H and O–H groups in total. The summed E-state index contributed by atoms with van der Waals surface area (Å²) in [7, 11) is 0. The molecule has 3 aromatic rings. The van der Waals surface area contributed by atoms with E-state index in [0.717, 1.165) is 9.88 Å². The Hall–Kier alpha value is -1.64. The van der Waals surface area contributed by atoms with E-state index in [-0.39, 0.29) is 21.4 Å². The molecule has 0 bridgehead atoms. The molecule has 0 unspecified atom stereocenters. The number of nitrogens with zero attached hydrogens (tertiary/aromatic N) is 1. The number of halogens is 3. The molecule has 0 spiro atoms. The normalized spacial score (nSPS) is 10.6. The summed E-state index contributed by atoms with van der Waals surface area (Å²) >= 11 is 20.6. The van der Waals surface area contributed by atoms with Crippen LogP contribution in [0.1, 0.15) is 10.5 Å². The fourth-order valence-corrected chi connectivity index (χ4v) is 4.44. The van der Waals surface area contributed by atoms with E-state index in [1.807, 2.05) is 17.5 Å². The first-order valence-electron chi connectivity index (χ1n) is 7.05. The van der Waals surface area contributed by atoms with Gasteiger partial charge in [-0.1, -0.05) is 40.9 Å². The van der Waals surface area contributed by atoms with E-state index in [1.165, 1.54) is 34.8 Å². The lowest BCUT2D eigenvalue weighted by atomic mass is 10.3. The minimum atomic E-state index is -0.687. The van der Waals surface area contributed by atoms with E-state index in [9.17, 15) is 9.59 Å². The monoisotopic (exact) mass is 446 g/mol. The summed E-state index contributed by atoms with van der Waals surface area (Å²) < 4.78 is 4.98. The maximum atomic E-state index is 12.0. The molecule has 0 aliphatic carbocycles. The van der Waals surface area contributed by atoms with Gasteiger partial charge in [-0.15, -0.1) is 22.7 Å². The molecule has 26 heavy (non-hydrogen) atoms. The first-order valence-corrected chi connectivity index (χ1v) is 9.94. The third-order valence-electron chi connectivity index (χ3n) is 3.05. The SMILES string of the molecule is O=C(COC(=O)c1csc(-c2cccs2)n1)Nc1c(Cl)cc(Cl)cc1Cl. The van der Waals surface area contributed by atoms with Gasteiger partial charge in [0.25, 0.3) is 5.91 Å². The topological polar surface area (TPSA) is 68.3 Å². The van der Waals surface area contributed by atoms with Crippen LogP contribution in [0.5, 0.6) is 0 Å². The van der Waals surface area contributed by atoms with Crippen LogP contribution in [0.25, 0.3) is 9.88 Å². The van der Waals surface area contributed by atoms with Gasteiger partial charge in [0, 0.05) is 10.4 Å². The number of carbonyl (C=O) groups excluding carboxylic acids is 2. The van der Waals surface area contributed by atoms with Crippen LogP contribution in [-0.4, -0.2) is 23.5 Å². The molecule has 0 saturated carbocycles. The molecule has 2 aromatic heterocycles. The number of hydrogen-bond acceptors (Lipinski definition) is 6. The maximum absolute atomic E-state index is 12.0. The highest BCUT2D eigenvalue weighted by molar-refractivity contribution is 7.20. The standard InChI is InChI=1S/C16H9Cl3N2O3S2/c17-8-4-9(18)14(10(19)5-8)21-13(22)6-24-16(23)11-7-26-15(20-11)12-2-1-3-25-12/h1-5,7H,6H2,(H,21,22). The molecule has 1 amide bonds. The lowest BCUT2D eigenvalue weighted by molar-refractivity contribution is -0.119. The van der Waals surface area contributed by atoms with Crippen molar-refractivity contribution < 1.29 is 14.3 Å². The summed E-state index contributed by atoms with van der Waals surface area (Å²) in [5, 5.41) is 7.42. The Labute approximate surface area is 171 Å². The predicted octanol–water partition coefficient (Wildman–Crippen LogP) is 5.63. The molecular formula is C16H9Cl3N2O3S2. The van der Waals surface area contributed by atoms with Crippen LogP contribution in [0.4, 0.5) is 5.69 Å². The second kappa shape index (κ2) is 8.37. The minimum absolute atomic E-state index is 0.147. The second-order valence-corrected chi connectivity index (χ2v) is 7.94. The summed E-state index contributed by atoms with van der Waals surface area (Å²) in [6, 6.07) is 6.69. The number of ether oxygens (including phenoxy) is 1. The smallest absolute Gasteiger partial charge is 0.358 e. The highest BCUT2D eigenvalue weighted by Gasteiger charge is 2.17. The number of thiazole rings is 1. The van der Waals surface area contributed by atoms with Gasteiger partial charge < -0.3 is 10.1 Å². The van der Waals surface area contributed by atoms with Crippen LogP contribution in [0.2, 0.25) is 15.1 Å². The van der Waals surface area contributed by atoms with Gasteiger partial charge >= 0.3 is 5.97 Å². The van der Waals surface area contributed by atoms with Gasteiger partial charge in [-0.05, 0) is 23.6 Å². The Bertz CT molecular complexity index is 935. The molecule has 0 aliphatic rings. The van der Waals surface area contributed by atoms with Crippen molar-refractivity contribution in [2.75, 3.05) is 11.9 Å². The zero-order valence-electron chi connectivity index (χ0n) is 12.8. The van der Waals surface area contributed by atoms with Gasteiger partial charge in [-0.2, -0.15) is 0 Å². The summed E-state index contributed by atoms with van der Waals surface area (Å²) in [5.41, 5.74) is 0.348. The van der Waals surface area contributed by atoms with Gasteiger partial charge in [0.2, 0.25) is 0 Å². The number of hydrogen-bond donors (Lipinski definition) is 1. The number of amides is 1. The van der Waals surface area contributed by atoms with Crippen molar-refractivity contribution in [3.8, 4) is 9.88 Å². The molecule has 1 aromatic carbocycles. The largest absolute Gasteiger partial charge is 0.451 e. The quantitative estimate of drug-likeness (QED) is 0.515. The number of nitrogens with one attached hydrogen (secondary N) is 1.